The van der Waals surface area contributed by atoms with Crippen LogP contribution in [0.15, 0.2) is 5.16 Å². The maximum Gasteiger partial charge on any atom is 0.148 e. The first-order valence-corrected chi connectivity index (χ1v) is 5.03. The summed E-state index contributed by atoms with van der Waals surface area (Å²) in [5.41, 5.74) is 0. The summed E-state index contributed by atoms with van der Waals surface area (Å²) >= 11 is 5.77. The normalized spacial score (nSPS) is 32.0. The van der Waals surface area contributed by atoms with E-state index < -0.39 is 0 Å². The van der Waals surface area contributed by atoms with Gasteiger partial charge < -0.3 is 5.21 Å². The Bertz CT molecular complexity index is 170. The van der Waals surface area contributed by atoms with Gasteiger partial charge in [0.1, 0.15) is 5.17 Å². The molecule has 0 radical (unpaired) electrons. The van der Waals surface area contributed by atoms with Gasteiger partial charge in [0.05, 0.1) is 0 Å². The van der Waals surface area contributed by atoms with Crippen LogP contribution >= 0.6 is 11.6 Å². The molecule has 2 unspecified atom stereocenters. The highest BCUT2D eigenvalue weighted by molar-refractivity contribution is 6.65. The number of nitrogens with zero attached hydrogens (tertiary/aromatic N) is 1. The lowest BCUT2D eigenvalue weighted by atomic mass is 9.81. The molecule has 0 aromatic carbocycles. The molecule has 1 rings (SSSR count). The molecule has 12 heavy (non-hydrogen) atoms. The topological polar surface area (TPSA) is 32.6 Å². The van der Waals surface area contributed by atoms with E-state index in [0.29, 0.717) is 11.1 Å². The van der Waals surface area contributed by atoms with E-state index in [9.17, 15) is 0 Å². The van der Waals surface area contributed by atoms with E-state index in [1.807, 2.05) is 0 Å². The van der Waals surface area contributed by atoms with E-state index in [2.05, 4.69) is 12.1 Å². The molecule has 70 valence electrons. The van der Waals surface area contributed by atoms with Gasteiger partial charge in [-0.15, -0.1) is 0 Å². The van der Waals surface area contributed by atoms with Gasteiger partial charge in [0.2, 0.25) is 0 Å². The van der Waals surface area contributed by atoms with Gasteiger partial charge in [-0.05, 0) is 18.8 Å². The fourth-order valence-corrected chi connectivity index (χ4v) is 2.16. The van der Waals surface area contributed by atoms with Crippen LogP contribution in [0.25, 0.3) is 0 Å². The second-order valence-corrected chi connectivity index (χ2v) is 3.95. The van der Waals surface area contributed by atoms with Gasteiger partial charge in [0.25, 0.3) is 0 Å². The zero-order valence-corrected chi connectivity index (χ0v) is 8.22. The average molecular weight is 190 g/mol. The van der Waals surface area contributed by atoms with E-state index in [-0.39, 0.29) is 0 Å². The molecular formula is C9H16ClNO. The molecular weight excluding hydrogens is 174 g/mol. The molecule has 0 spiro atoms. The van der Waals surface area contributed by atoms with Gasteiger partial charge in [-0.1, -0.05) is 42.9 Å². The van der Waals surface area contributed by atoms with Crippen molar-refractivity contribution in [2.24, 2.45) is 17.0 Å². The smallest absolute Gasteiger partial charge is 0.148 e. The number of hydrogen-bond acceptors (Lipinski definition) is 2. The highest BCUT2D eigenvalue weighted by Crippen LogP contribution is 2.32. The monoisotopic (exact) mass is 189 g/mol. The first-order valence-electron chi connectivity index (χ1n) is 4.65. The lowest BCUT2D eigenvalue weighted by Gasteiger charge is -2.26. The molecule has 1 N–H and O–H groups in total. The highest BCUT2D eigenvalue weighted by Gasteiger charge is 2.23. The molecule has 1 aliphatic rings. The van der Waals surface area contributed by atoms with Crippen LogP contribution in [0.1, 0.15) is 39.0 Å². The first-order chi connectivity index (χ1) is 5.77. The summed E-state index contributed by atoms with van der Waals surface area (Å²) in [6.45, 7) is 2.21. The van der Waals surface area contributed by atoms with Crippen molar-refractivity contribution in [3.63, 3.8) is 0 Å². The molecule has 2 atom stereocenters. The van der Waals surface area contributed by atoms with Gasteiger partial charge in [-0.25, -0.2) is 0 Å². The van der Waals surface area contributed by atoms with Crippen LogP contribution in [0.5, 0.6) is 0 Å². The van der Waals surface area contributed by atoms with Crippen LogP contribution in [0.2, 0.25) is 0 Å². The van der Waals surface area contributed by atoms with Crippen LogP contribution in [-0.4, -0.2) is 10.4 Å². The molecule has 1 saturated carbocycles. The molecule has 0 amide bonds. The maximum absolute atomic E-state index is 8.50. The largest absolute Gasteiger partial charge is 0.410 e. The second kappa shape index (κ2) is 4.70. The molecule has 1 fully saturated rings. The van der Waals surface area contributed by atoms with Crippen LogP contribution in [0, 0.1) is 11.8 Å². The van der Waals surface area contributed by atoms with Crippen LogP contribution in [0.4, 0.5) is 0 Å². The fourth-order valence-electron chi connectivity index (χ4n) is 1.96. The highest BCUT2D eigenvalue weighted by atomic mass is 35.5. The lowest BCUT2D eigenvalue weighted by molar-refractivity contribution is 0.290. The Kier molecular flexibility index (Phi) is 3.86. The van der Waals surface area contributed by atoms with Gasteiger partial charge >= 0.3 is 0 Å². The molecule has 0 aromatic heterocycles. The minimum atomic E-state index is 0.315. The number of oxime groups is 1. The predicted octanol–water partition coefficient (Wildman–Crippen LogP) is 3.23. The van der Waals surface area contributed by atoms with E-state index >= 15 is 0 Å². The summed E-state index contributed by atoms with van der Waals surface area (Å²) in [6.07, 6.45) is 5.92. The van der Waals surface area contributed by atoms with Gasteiger partial charge in [-0.3, -0.25) is 0 Å². The Labute approximate surface area is 78.6 Å². The number of rotatable bonds is 2. The molecule has 0 bridgehead atoms. The molecule has 0 heterocycles. The van der Waals surface area contributed by atoms with Crippen molar-refractivity contribution < 1.29 is 5.21 Å². The van der Waals surface area contributed by atoms with E-state index in [4.69, 9.17) is 16.8 Å². The zero-order chi connectivity index (χ0) is 8.97. The van der Waals surface area contributed by atoms with E-state index in [1.165, 1.54) is 19.3 Å². The van der Waals surface area contributed by atoms with Crippen molar-refractivity contribution in [2.45, 2.75) is 39.0 Å². The Morgan fingerprint density at radius 3 is 2.92 bits per heavy atom. The van der Waals surface area contributed by atoms with Crippen molar-refractivity contribution in [2.75, 3.05) is 0 Å². The summed E-state index contributed by atoms with van der Waals surface area (Å²) in [5.74, 6) is 1.09. The summed E-state index contributed by atoms with van der Waals surface area (Å²) in [5, 5.41) is 12.0. The number of halogens is 1. The third kappa shape index (κ3) is 2.37. The Morgan fingerprint density at radius 1 is 1.58 bits per heavy atom. The van der Waals surface area contributed by atoms with Crippen LogP contribution in [0.3, 0.4) is 0 Å². The Balaban J connectivity index is 2.45. The molecule has 0 aromatic rings. The lowest BCUT2D eigenvalue weighted by Crippen LogP contribution is -2.19. The molecule has 0 aliphatic heterocycles. The third-order valence-electron chi connectivity index (χ3n) is 2.79. The maximum atomic E-state index is 8.50. The Hall–Kier alpha value is -0.240. The van der Waals surface area contributed by atoms with Gasteiger partial charge in [0.15, 0.2) is 0 Å². The second-order valence-electron chi connectivity index (χ2n) is 3.56. The van der Waals surface area contributed by atoms with Crippen molar-refractivity contribution in [3.05, 3.63) is 0 Å². The summed E-state index contributed by atoms with van der Waals surface area (Å²) in [4.78, 5) is 0. The fraction of sp³-hybridized carbons (Fsp3) is 0.889. The quantitative estimate of drug-likeness (QED) is 0.404. The predicted molar refractivity (Wildman–Crippen MR) is 50.8 cm³/mol. The average Bonchev–Trinajstić information content (AvgIpc) is 2.17. The SMILES string of the molecule is CCC1CCCC(/C(Cl)=N/O)C1. The summed E-state index contributed by atoms with van der Waals surface area (Å²) in [6, 6.07) is 0. The third-order valence-corrected chi connectivity index (χ3v) is 3.18. The van der Waals surface area contributed by atoms with Crippen LogP contribution < -0.4 is 0 Å². The zero-order valence-electron chi connectivity index (χ0n) is 7.46. The van der Waals surface area contributed by atoms with Crippen molar-refractivity contribution in [1.82, 2.24) is 0 Å². The first kappa shape index (κ1) is 9.85. The van der Waals surface area contributed by atoms with Crippen molar-refractivity contribution >= 4 is 16.8 Å². The van der Waals surface area contributed by atoms with Gasteiger partial charge in [-0.2, -0.15) is 0 Å². The van der Waals surface area contributed by atoms with Crippen molar-refractivity contribution in [3.8, 4) is 0 Å². The van der Waals surface area contributed by atoms with Gasteiger partial charge in [0, 0.05) is 5.92 Å². The molecule has 2 nitrogen and oxygen atoms in total. The minimum absolute atomic E-state index is 0.315. The van der Waals surface area contributed by atoms with E-state index in [1.54, 1.807) is 0 Å². The van der Waals surface area contributed by atoms with E-state index in [0.717, 1.165) is 18.8 Å². The molecule has 3 heteroatoms. The standard InChI is InChI=1S/C9H16ClNO/c1-2-7-4-3-5-8(6-7)9(10)11-12/h7-8,12H,2-6H2,1H3/b11-9-. The molecule has 1 aliphatic carbocycles. The Morgan fingerprint density at radius 2 is 2.33 bits per heavy atom. The van der Waals surface area contributed by atoms with Crippen LogP contribution in [-0.2, 0) is 0 Å². The summed E-state index contributed by atoms with van der Waals surface area (Å²) in [7, 11) is 0. The minimum Gasteiger partial charge on any atom is -0.410 e. The number of hydrogen-bond donors (Lipinski definition) is 1. The molecule has 0 saturated heterocycles. The van der Waals surface area contributed by atoms with Crippen molar-refractivity contribution in [1.29, 1.82) is 0 Å². The summed E-state index contributed by atoms with van der Waals surface area (Å²) < 4.78 is 0.